The summed E-state index contributed by atoms with van der Waals surface area (Å²) >= 11 is 0. The largest absolute Gasteiger partial charge is 0.361 e. The summed E-state index contributed by atoms with van der Waals surface area (Å²) in [5, 5.41) is 8.65. The van der Waals surface area contributed by atoms with Crippen molar-refractivity contribution in [1.29, 1.82) is 5.26 Å². The zero-order valence-corrected chi connectivity index (χ0v) is 8.01. The monoisotopic (exact) mass is 185 g/mol. The van der Waals surface area contributed by atoms with Gasteiger partial charge in [0.1, 0.15) is 0 Å². The van der Waals surface area contributed by atoms with E-state index in [1.54, 1.807) is 0 Å². The molecule has 70 valence electrons. The maximum atomic E-state index is 8.65. The summed E-state index contributed by atoms with van der Waals surface area (Å²) in [6, 6.07) is 9.70. The predicted molar refractivity (Wildman–Crippen MR) is 55.4 cm³/mol. The highest BCUT2D eigenvalue weighted by atomic mass is 15.3. The van der Waals surface area contributed by atoms with Crippen molar-refractivity contribution in [3.8, 4) is 6.07 Å². The molecule has 0 amide bonds. The van der Waals surface area contributed by atoms with Crippen LogP contribution in [0, 0.1) is 11.3 Å². The second-order valence-electron chi connectivity index (χ2n) is 3.33. The summed E-state index contributed by atoms with van der Waals surface area (Å²) in [6.07, 6.45) is 4.06. The van der Waals surface area contributed by atoms with Gasteiger partial charge < -0.3 is 9.80 Å². The topological polar surface area (TPSA) is 30.3 Å². The van der Waals surface area contributed by atoms with Gasteiger partial charge in [0.2, 0.25) is 0 Å². The second-order valence-corrected chi connectivity index (χ2v) is 3.33. The van der Waals surface area contributed by atoms with Gasteiger partial charge in [-0.2, -0.15) is 5.26 Å². The van der Waals surface area contributed by atoms with Crippen LogP contribution in [0.5, 0.6) is 0 Å². The molecule has 0 saturated heterocycles. The van der Waals surface area contributed by atoms with Crippen LogP contribution in [0.1, 0.15) is 5.56 Å². The van der Waals surface area contributed by atoms with Crippen molar-refractivity contribution in [2.24, 2.45) is 0 Å². The smallest absolute Gasteiger partial charge is 0.0991 e. The van der Waals surface area contributed by atoms with Crippen molar-refractivity contribution >= 4 is 5.69 Å². The third-order valence-corrected chi connectivity index (χ3v) is 2.20. The molecule has 14 heavy (non-hydrogen) atoms. The van der Waals surface area contributed by atoms with E-state index in [4.69, 9.17) is 5.26 Å². The lowest BCUT2D eigenvalue weighted by molar-refractivity contribution is 0.496. The Hall–Kier alpha value is -1.95. The molecule has 0 fully saturated rings. The highest BCUT2D eigenvalue weighted by molar-refractivity contribution is 5.52. The van der Waals surface area contributed by atoms with Crippen molar-refractivity contribution in [2.75, 3.05) is 18.6 Å². The van der Waals surface area contributed by atoms with Gasteiger partial charge in [0.05, 0.1) is 18.3 Å². The lowest BCUT2D eigenvalue weighted by Gasteiger charge is -2.17. The van der Waals surface area contributed by atoms with Gasteiger partial charge in [-0.15, -0.1) is 0 Å². The SMILES string of the molecule is CN1C=CN(c2ccc(C#N)cc2)C1. The Morgan fingerprint density at radius 1 is 1.21 bits per heavy atom. The second kappa shape index (κ2) is 3.43. The predicted octanol–water partition coefficient (Wildman–Crippen LogP) is 1.74. The molecule has 0 atom stereocenters. The van der Waals surface area contributed by atoms with E-state index in [1.807, 2.05) is 43.7 Å². The maximum absolute atomic E-state index is 8.65. The summed E-state index contributed by atoms with van der Waals surface area (Å²) in [5.41, 5.74) is 1.81. The standard InChI is InChI=1S/C11H11N3/c1-13-6-7-14(9-13)11-4-2-10(8-12)3-5-11/h2-7H,9H2,1H3. The van der Waals surface area contributed by atoms with Gasteiger partial charge in [-0.1, -0.05) is 0 Å². The van der Waals surface area contributed by atoms with Crippen LogP contribution < -0.4 is 4.90 Å². The van der Waals surface area contributed by atoms with Gasteiger partial charge in [0.25, 0.3) is 0 Å². The lowest BCUT2D eigenvalue weighted by atomic mass is 10.2. The van der Waals surface area contributed by atoms with Crippen LogP contribution in [0.15, 0.2) is 36.7 Å². The van der Waals surface area contributed by atoms with E-state index >= 15 is 0 Å². The summed E-state index contributed by atoms with van der Waals surface area (Å²) in [4.78, 5) is 4.22. The molecule has 0 N–H and O–H groups in total. The van der Waals surface area contributed by atoms with Gasteiger partial charge in [-0.3, -0.25) is 0 Å². The zero-order valence-electron chi connectivity index (χ0n) is 8.01. The molecule has 3 heteroatoms. The number of benzene rings is 1. The molecule has 1 aromatic carbocycles. The van der Waals surface area contributed by atoms with Crippen LogP contribution in [-0.2, 0) is 0 Å². The van der Waals surface area contributed by atoms with E-state index in [9.17, 15) is 0 Å². The fourth-order valence-electron chi connectivity index (χ4n) is 1.42. The van der Waals surface area contributed by atoms with Gasteiger partial charge >= 0.3 is 0 Å². The van der Waals surface area contributed by atoms with Crippen molar-refractivity contribution in [1.82, 2.24) is 4.90 Å². The van der Waals surface area contributed by atoms with Crippen molar-refractivity contribution < 1.29 is 0 Å². The van der Waals surface area contributed by atoms with Gasteiger partial charge in [0.15, 0.2) is 0 Å². The van der Waals surface area contributed by atoms with Crippen LogP contribution >= 0.6 is 0 Å². The van der Waals surface area contributed by atoms with E-state index in [0.29, 0.717) is 5.56 Å². The Morgan fingerprint density at radius 3 is 2.43 bits per heavy atom. The number of anilines is 1. The first-order valence-electron chi connectivity index (χ1n) is 4.45. The van der Waals surface area contributed by atoms with Crippen LogP contribution in [0.2, 0.25) is 0 Å². The summed E-state index contributed by atoms with van der Waals surface area (Å²) in [6.45, 7) is 0.867. The molecule has 0 bridgehead atoms. The Kier molecular flexibility index (Phi) is 2.11. The van der Waals surface area contributed by atoms with Crippen LogP contribution in [0.4, 0.5) is 5.69 Å². The van der Waals surface area contributed by atoms with Crippen molar-refractivity contribution in [3.05, 3.63) is 42.2 Å². The Balaban J connectivity index is 2.19. The number of rotatable bonds is 1. The van der Waals surface area contributed by atoms with Crippen LogP contribution in [0.3, 0.4) is 0 Å². The van der Waals surface area contributed by atoms with Crippen LogP contribution in [-0.4, -0.2) is 18.6 Å². The van der Waals surface area contributed by atoms with Gasteiger partial charge in [-0.05, 0) is 24.3 Å². The first-order chi connectivity index (χ1) is 6.79. The molecule has 0 aliphatic carbocycles. The fraction of sp³-hybridized carbons (Fsp3) is 0.182. The van der Waals surface area contributed by atoms with Gasteiger partial charge in [-0.25, -0.2) is 0 Å². The molecule has 0 radical (unpaired) electrons. The molecule has 0 spiro atoms. The Labute approximate surface area is 83.5 Å². The molecule has 1 aromatic rings. The highest BCUT2D eigenvalue weighted by Crippen LogP contribution is 2.18. The molecule has 1 heterocycles. The average Bonchev–Trinajstić information content (AvgIpc) is 2.65. The summed E-state index contributed by atoms with van der Waals surface area (Å²) in [7, 11) is 2.03. The summed E-state index contributed by atoms with van der Waals surface area (Å²) in [5.74, 6) is 0. The minimum Gasteiger partial charge on any atom is -0.361 e. The first kappa shape index (κ1) is 8.64. The van der Waals surface area contributed by atoms with E-state index in [-0.39, 0.29) is 0 Å². The van der Waals surface area contributed by atoms with E-state index in [0.717, 1.165) is 12.4 Å². The molecular formula is C11H11N3. The molecule has 0 saturated carbocycles. The molecule has 1 aliphatic rings. The molecule has 0 aromatic heterocycles. The molecule has 2 rings (SSSR count). The van der Waals surface area contributed by atoms with Crippen LogP contribution in [0.25, 0.3) is 0 Å². The number of hydrogen-bond acceptors (Lipinski definition) is 3. The first-order valence-corrected chi connectivity index (χ1v) is 4.45. The molecule has 0 unspecified atom stereocenters. The molecular weight excluding hydrogens is 174 g/mol. The Bertz CT molecular complexity index is 386. The Morgan fingerprint density at radius 2 is 1.93 bits per heavy atom. The van der Waals surface area contributed by atoms with Crippen molar-refractivity contribution in [3.63, 3.8) is 0 Å². The highest BCUT2D eigenvalue weighted by Gasteiger charge is 2.09. The average molecular weight is 185 g/mol. The van der Waals surface area contributed by atoms with E-state index in [2.05, 4.69) is 15.9 Å². The minimum atomic E-state index is 0.699. The van der Waals surface area contributed by atoms with E-state index in [1.165, 1.54) is 0 Å². The molecule has 3 nitrogen and oxygen atoms in total. The normalized spacial score (nSPS) is 14.6. The summed E-state index contributed by atoms with van der Waals surface area (Å²) < 4.78 is 0. The third-order valence-electron chi connectivity index (χ3n) is 2.20. The minimum absolute atomic E-state index is 0.699. The fourth-order valence-corrected chi connectivity index (χ4v) is 1.42. The zero-order chi connectivity index (χ0) is 9.97. The third kappa shape index (κ3) is 1.55. The lowest BCUT2D eigenvalue weighted by Crippen LogP contribution is -2.21. The number of nitrogens with zero attached hydrogens (tertiary/aromatic N) is 3. The van der Waals surface area contributed by atoms with Crippen molar-refractivity contribution in [2.45, 2.75) is 0 Å². The maximum Gasteiger partial charge on any atom is 0.0991 e. The van der Waals surface area contributed by atoms with Gasteiger partial charge in [0, 0.05) is 25.1 Å². The quantitative estimate of drug-likeness (QED) is 0.667. The van der Waals surface area contributed by atoms with E-state index < -0.39 is 0 Å². The molecule has 1 aliphatic heterocycles. The number of hydrogen-bond donors (Lipinski definition) is 0. The number of nitriles is 1.